The maximum Gasteiger partial charge on any atom is 0.261 e. The minimum atomic E-state index is -0.397. The lowest BCUT2D eigenvalue weighted by molar-refractivity contribution is -0.113. The number of aromatic nitrogens is 2. The van der Waals surface area contributed by atoms with E-state index in [2.05, 4.69) is 36.8 Å². The first-order valence-corrected chi connectivity index (χ1v) is 11.1. The number of nitrogens with zero attached hydrogens (tertiary/aromatic N) is 2. The van der Waals surface area contributed by atoms with Crippen LogP contribution in [0.4, 0.5) is 10.8 Å². The number of thioether (sulfide) groups is 1. The van der Waals surface area contributed by atoms with E-state index in [-0.39, 0.29) is 11.7 Å². The highest BCUT2D eigenvalue weighted by atomic mass is 79.9. The van der Waals surface area contributed by atoms with Crippen LogP contribution in [0.25, 0.3) is 0 Å². The monoisotopic (exact) mass is 508 g/mol. The molecule has 0 fully saturated rings. The molecule has 2 N–H and O–H groups in total. The van der Waals surface area contributed by atoms with Crippen LogP contribution in [0, 0.1) is 0 Å². The van der Waals surface area contributed by atoms with E-state index in [0.29, 0.717) is 32.2 Å². The number of carbonyl (C=O) groups excluding carboxylic acids is 2. The van der Waals surface area contributed by atoms with Crippen molar-refractivity contribution in [3.05, 3.63) is 52.5 Å². The Labute approximate surface area is 189 Å². The number of methoxy groups -OCH3 is 2. The summed E-state index contributed by atoms with van der Waals surface area (Å²) >= 11 is 5.76. The van der Waals surface area contributed by atoms with Gasteiger partial charge < -0.3 is 14.8 Å². The summed E-state index contributed by atoms with van der Waals surface area (Å²) in [4.78, 5) is 24.7. The van der Waals surface area contributed by atoms with Gasteiger partial charge in [-0.05, 0) is 36.4 Å². The van der Waals surface area contributed by atoms with Crippen LogP contribution in [-0.4, -0.2) is 42.0 Å². The Kier molecular flexibility index (Phi) is 7.66. The number of anilines is 2. The van der Waals surface area contributed by atoms with Gasteiger partial charge in [-0.15, -0.1) is 10.2 Å². The predicted octanol–water partition coefficient (Wildman–Crippen LogP) is 4.30. The highest BCUT2D eigenvalue weighted by Crippen LogP contribution is 2.32. The molecule has 0 aliphatic heterocycles. The van der Waals surface area contributed by atoms with Gasteiger partial charge in [0.05, 0.1) is 25.5 Å². The predicted molar refractivity (Wildman–Crippen MR) is 121 cm³/mol. The number of para-hydroxylation sites is 1. The van der Waals surface area contributed by atoms with Crippen LogP contribution >= 0.6 is 39.0 Å². The largest absolute Gasteiger partial charge is 0.493 e. The highest BCUT2D eigenvalue weighted by molar-refractivity contribution is 9.10. The molecule has 30 heavy (non-hydrogen) atoms. The van der Waals surface area contributed by atoms with Crippen molar-refractivity contribution < 1.29 is 19.1 Å². The summed E-state index contributed by atoms with van der Waals surface area (Å²) in [6.07, 6.45) is 0. The van der Waals surface area contributed by atoms with E-state index in [1.165, 1.54) is 37.3 Å². The third kappa shape index (κ3) is 5.71. The molecule has 1 aromatic heterocycles. The number of ether oxygens (including phenoxy) is 2. The van der Waals surface area contributed by atoms with Gasteiger partial charge in [-0.2, -0.15) is 0 Å². The van der Waals surface area contributed by atoms with Gasteiger partial charge in [0.2, 0.25) is 11.0 Å². The van der Waals surface area contributed by atoms with Crippen molar-refractivity contribution in [2.75, 3.05) is 30.6 Å². The number of hydrogen-bond acceptors (Lipinski definition) is 8. The van der Waals surface area contributed by atoms with Crippen LogP contribution in [0.15, 0.2) is 51.3 Å². The minimum Gasteiger partial charge on any atom is -0.493 e. The molecule has 2 amide bonds. The Morgan fingerprint density at radius 1 is 1.07 bits per heavy atom. The number of halogens is 1. The van der Waals surface area contributed by atoms with Gasteiger partial charge in [-0.25, -0.2) is 0 Å². The zero-order chi connectivity index (χ0) is 21.5. The number of nitrogens with one attached hydrogen (secondary N) is 2. The Bertz CT molecular complexity index is 1040. The lowest BCUT2D eigenvalue weighted by Gasteiger charge is -2.11. The van der Waals surface area contributed by atoms with Crippen LogP contribution in [0.3, 0.4) is 0 Å². The molecule has 8 nitrogen and oxygen atoms in total. The van der Waals surface area contributed by atoms with E-state index in [1.54, 1.807) is 30.3 Å². The molecule has 3 aromatic rings. The van der Waals surface area contributed by atoms with E-state index in [4.69, 9.17) is 9.47 Å². The third-order valence-corrected chi connectivity index (χ3v) is 6.23. The van der Waals surface area contributed by atoms with Crippen molar-refractivity contribution in [1.29, 1.82) is 0 Å². The molecule has 0 aliphatic carbocycles. The molecule has 2 aromatic carbocycles. The van der Waals surface area contributed by atoms with Crippen molar-refractivity contribution >= 4 is 61.7 Å². The Hall–Kier alpha value is -2.63. The van der Waals surface area contributed by atoms with E-state index in [9.17, 15) is 9.59 Å². The smallest absolute Gasteiger partial charge is 0.261 e. The maximum atomic E-state index is 12.6. The molecule has 11 heteroatoms. The molecule has 0 saturated heterocycles. The Morgan fingerprint density at radius 3 is 2.53 bits per heavy atom. The fourth-order valence-electron chi connectivity index (χ4n) is 2.41. The number of rotatable bonds is 8. The van der Waals surface area contributed by atoms with E-state index >= 15 is 0 Å². The van der Waals surface area contributed by atoms with Crippen molar-refractivity contribution in [1.82, 2.24) is 10.2 Å². The van der Waals surface area contributed by atoms with Crippen LogP contribution in [0.2, 0.25) is 0 Å². The summed E-state index contributed by atoms with van der Waals surface area (Å²) < 4.78 is 12.0. The molecular weight excluding hydrogens is 492 g/mol. The molecular formula is C19H17BrN4O4S2. The molecule has 0 saturated carbocycles. The van der Waals surface area contributed by atoms with Crippen LogP contribution in [0.5, 0.6) is 11.5 Å². The molecule has 3 rings (SSSR count). The van der Waals surface area contributed by atoms with Crippen molar-refractivity contribution in [2.24, 2.45) is 0 Å². The first-order valence-electron chi connectivity index (χ1n) is 8.54. The van der Waals surface area contributed by atoms with Gasteiger partial charge in [0.15, 0.2) is 15.8 Å². The quantitative estimate of drug-likeness (QED) is 0.345. The summed E-state index contributed by atoms with van der Waals surface area (Å²) in [5, 5.41) is 13.8. The fraction of sp³-hybridized carbons (Fsp3) is 0.158. The SMILES string of the molecule is COc1cccc(C(=O)Nc2nnc(SCC(=O)Nc3ccc(Br)cc3)s2)c1OC. The number of hydrogen-bond donors (Lipinski definition) is 2. The lowest BCUT2D eigenvalue weighted by Crippen LogP contribution is -2.13. The number of carbonyl (C=O) groups is 2. The number of benzene rings is 2. The molecule has 0 aliphatic rings. The van der Waals surface area contributed by atoms with Crippen LogP contribution in [-0.2, 0) is 4.79 Å². The zero-order valence-corrected chi connectivity index (χ0v) is 19.2. The van der Waals surface area contributed by atoms with Gasteiger partial charge in [-0.3, -0.25) is 14.9 Å². The second-order valence-corrected chi connectivity index (χ2v) is 8.83. The third-order valence-electron chi connectivity index (χ3n) is 3.73. The standard InChI is InChI=1S/C19H17BrN4O4S2/c1-27-14-5-3-4-13(16(14)28-2)17(26)22-18-23-24-19(30-18)29-10-15(25)21-12-8-6-11(20)7-9-12/h3-9H,10H2,1-2H3,(H,21,25)(H,22,23,26). The van der Waals surface area contributed by atoms with E-state index < -0.39 is 5.91 Å². The lowest BCUT2D eigenvalue weighted by atomic mass is 10.1. The second-order valence-electron chi connectivity index (χ2n) is 5.71. The first-order chi connectivity index (χ1) is 14.5. The molecule has 1 heterocycles. The summed E-state index contributed by atoms with van der Waals surface area (Å²) in [7, 11) is 2.97. The van der Waals surface area contributed by atoms with Gasteiger partial charge in [0.25, 0.3) is 5.91 Å². The van der Waals surface area contributed by atoms with E-state index in [1.807, 2.05) is 12.1 Å². The normalized spacial score (nSPS) is 10.4. The van der Waals surface area contributed by atoms with Crippen LogP contribution in [0.1, 0.15) is 10.4 Å². The number of amides is 2. The molecule has 0 atom stereocenters. The second kappa shape index (κ2) is 10.4. The van der Waals surface area contributed by atoms with Crippen molar-refractivity contribution in [3.8, 4) is 11.5 Å². The molecule has 156 valence electrons. The molecule has 0 spiro atoms. The van der Waals surface area contributed by atoms with Gasteiger partial charge in [0.1, 0.15) is 0 Å². The van der Waals surface area contributed by atoms with Gasteiger partial charge in [-0.1, -0.05) is 45.1 Å². The van der Waals surface area contributed by atoms with Gasteiger partial charge in [0, 0.05) is 10.2 Å². The van der Waals surface area contributed by atoms with Crippen molar-refractivity contribution in [3.63, 3.8) is 0 Å². The topological polar surface area (TPSA) is 102 Å². The Balaban J connectivity index is 1.57. The molecule has 0 unspecified atom stereocenters. The molecule has 0 bridgehead atoms. The summed E-state index contributed by atoms with van der Waals surface area (Å²) in [5.74, 6) is 0.398. The Morgan fingerprint density at radius 2 is 1.83 bits per heavy atom. The zero-order valence-electron chi connectivity index (χ0n) is 16.0. The highest BCUT2D eigenvalue weighted by Gasteiger charge is 2.18. The minimum absolute atomic E-state index is 0.163. The van der Waals surface area contributed by atoms with Gasteiger partial charge >= 0.3 is 0 Å². The summed E-state index contributed by atoms with van der Waals surface area (Å²) in [6, 6.07) is 12.3. The van der Waals surface area contributed by atoms with Crippen LogP contribution < -0.4 is 20.1 Å². The maximum absolute atomic E-state index is 12.6. The van der Waals surface area contributed by atoms with Crippen molar-refractivity contribution in [2.45, 2.75) is 4.34 Å². The summed E-state index contributed by atoms with van der Waals surface area (Å²) in [6.45, 7) is 0. The first kappa shape index (κ1) is 22.1. The van der Waals surface area contributed by atoms with E-state index in [0.717, 1.165) is 4.47 Å². The average Bonchev–Trinajstić information content (AvgIpc) is 3.20. The molecule has 0 radical (unpaired) electrons. The fourth-order valence-corrected chi connectivity index (χ4v) is 4.22. The average molecular weight is 509 g/mol. The summed E-state index contributed by atoms with van der Waals surface area (Å²) in [5.41, 5.74) is 1.02.